The molecule has 1 atom stereocenters. The summed E-state index contributed by atoms with van der Waals surface area (Å²) in [6.07, 6.45) is 6.82. The van der Waals surface area contributed by atoms with Crippen molar-refractivity contribution in [1.29, 1.82) is 0 Å². The molecule has 2 heterocycles. The molecule has 2 aromatic carbocycles. The first-order chi connectivity index (χ1) is 15.7. The number of aromatic nitrogens is 3. The minimum Gasteiger partial charge on any atom is -0.506 e. The van der Waals surface area contributed by atoms with E-state index in [0.29, 0.717) is 11.5 Å². The normalized spacial score (nSPS) is 15.3. The number of allylic oxidation sites excluding steroid dienone is 2. The predicted octanol–water partition coefficient (Wildman–Crippen LogP) is 6.59. The highest BCUT2D eigenvalue weighted by Crippen LogP contribution is 2.33. The Morgan fingerprint density at radius 2 is 1.64 bits per heavy atom. The number of aliphatic hydroxyl groups is 1. The van der Waals surface area contributed by atoms with Crippen molar-refractivity contribution in [3.63, 3.8) is 0 Å². The lowest BCUT2D eigenvalue weighted by Gasteiger charge is -2.41. The number of rotatable bonds is 7. The zero-order valence-electron chi connectivity index (χ0n) is 19.9. The number of hydrogen-bond acceptors (Lipinski definition) is 4. The summed E-state index contributed by atoms with van der Waals surface area (Å²) in [5.74, 6) is 0.626. The topological polar surface area (TPSA) is 54.2 Å². The van der Waals surface area contributed by atoms with Crippen molar-refractivity contribution in [2.75, 3.05) is 0 Å². The van der Waals surface area contributed by atoms with Crippen LogP contribution in [0.25, 0.3) is 22.4 Å². The number of nitrogens with zero attached hydrogens (tertiary/aromatic N) is 4. The van der Waals surface area contributed by atoms with Gasteiger partial charge in [0.2, 0.25) is 0 Å². The van der Waals surface area contributed by atoms with Crippen molar-refractivity contribution in [2.45, 2.75) is 46.2 Å². The van der Waals surface area contributed by atoms with Crippen molar-refractivity contribution >= 4 is 0 Å². The molecular weight excluding hydrogens is 408 g/mol. The largest absolute Gasteiger partial charge is 0.506 e. The van der Waals surface area contributed by atoms with E-state index in [0.717, 1.165) is 29.9 Å². The maximum absolute atomic E-state index is 10.3. The van der Waals surface area contributed by atoms with Crippen LogP contribution in [-0.2, 0) is 6.54 Å². The number of hydrogen-bond donors (Lipinski definition) is 1. The third-order valence-corrected chi connectivity index (χ3v) is 6.26. The van der Waals surface area contributed by atoms with Gasteiger partial charge in [-0.3, -0.25) is 4.68 Å². The SMILES string of the molecule is C=C1C=CN(C(C)(C)CC(C)Cn2cc(-c3ccc(-c4ccccc4)cc3)nn2)C(C)=C1O. The molecule has 0 saturated carbocycles. The van der Waals surface area contributed by atoms with Gasteiger partial charge in [0.15, 0.2) is 0 Å². The average molecular weight is 441 g/mol. The second kappa shape index (κ2) is 9.10. The molecule has 0 amide bonds. The van der Waals surface area contributed by atoms with Gasteiger partial charge in [-0.25, -0.2) is 0 Å². The van der Waals surface area contributed by atoms with Crippen LogP contribution in [0.5, 0.6) is 0 Å². The third kappa shape index (κ3) is 4.92. The molecule has 170 valence electrons. The predicted molar refractivity (Wildman–Crippen MR) is 134 cm³/mol. The smallest absolute Gasteiger partial charge is 0.141 e. The summed E-state index contributed by atoms with van der Waals surface area (Å²) < 4.78 is 1.93. The molecule has 1 aliphatic rings. The van der Waals surface area contributed by atoms with E-state index in [1.165, 1.54) is 11.1 Å². The van der Waals surface area contributed by atoms with Gasteiger partial charge in [-0.1, -0.05) is 73.3 Å². The van der Waals surface area contributed by atoms with Gasteiger partial charge >= 0.3 is 0 Å². The van der Waals surface area contributed by atoms with Crippen molar-refractivity contribution in [2.24, 2.45) is 5.92 Å². The fourth-order valence-electron chi connectivity index (χ4n) is 4.68. The van der Waals surface area contributed by atoms with Crippen LogP contribution < -0.4 is 0 Å². The number of aliphatic hydroxyl groups excluding tert-OH is 1. The molecule has 0 fully saturated rings. The van der Waals surface area contributed by atoms with E-state index < -0.39 is 0 Å². The van der Waals surface area contributed by atoms with Crippen LogP contribution in [0.4, 0.5) is 0 Å². The van der Waals surface area contributed by atoms with E-state index in [2.05, 4.69) is 91.1 Å². The van der Waals surface area contributed by atoms with Crippen LogP contribution in [0.15, 0.2) is 96.7 Å². The molecule has 3 aromatic rings. The Hall–Kier alpha value is -3.60. The molecule has 4 rings (SSSR count). The lowest BCUT2D eigenvalue weighted by atomic mass is 9.88. The van der Waals surface area contributed by atoms with E-state index >= 15 is 0 Å². The van der Waals surface area contributed by atoms with Gasteiger partial charge in [0.05, 0.1) is 11.9 Å². The molecule has 0 aliphatic carbocycles. The molecule has 5 nitrogen and oxygen atoms in total. The van der Waals surface area contributed by atoms with Gasteiger partial charge in [-0.05, 0) is 50.3 Å². The summed E-state index contributed by atoms with van der Waals surface area (Å²) in [5.41, 5.74) is 5.65. The monoisotopic (exact) mass is 440 g/mol. The van der Waals surface area contributed by atoms with Gasteiger partial charge in [0, 0.05) is 29.4 Å². The Bertz CT molecular complexity index is 1190. The highest BCUT2D eigenvalue weighted by Gasteiger charge is 2.31. The molecule has 0 saturated heterocycles. The highest BCUT2D eigenvalue weighted by molar-refractivity contribution is 5.68. The summed E-state index contributed by atoms with van der Waals surface area (Å²) in [6.45, 7) is 13.2. The first-order valence-corrected chi connectivity index (χ1v) is 11.4. The van der Waals surface area contributed by atoms with Crippen molar-refractivity contribution < 1.29 is 5.11 Å². The summed E-state index contributed by atoms with van der Waals surface area (Å²) in [5, 5.41) is 19.1. The molecule has 1 N–H and O–H groups in total. The average Bonchev–Trinajstić information content (AvgIpc) is 3.26. The van der Waals surface area contributed by atoms with Crippen molar-refractivity contribution in [3.8, 4) is 22.4 Å². The van der Waals surface area contributed by atoms with Crippen molar-refractivity contribution in [3.05, 3.63) is 96.7 Å². The summed E-state index contributed by atoms with van der Waals surface area (Å²) in [4.78, 5) is 2.13. The summed E-state index contributed by atoms with van der Waals surface area (Å²) in [6, 6.07) is 18.8. The van der Waals surface area contributed by atoms with Crippen LogP contribution in [-0.4, -0.2) is 30.5 Å². The van der Waals surface area contributed by atoms with Gasteiger partial charge in [0.1, 0.15) is 11.5 Å². The van der Waals surface area contributed by atoms with Crippen LogP contribution in [0, 0.1) is 5.92 Å². The van der Waals surface area contributed by atoms with E-state index in [1.807, 2.05) is 36.1 Å². The molecular formula is C28H32N4O. The highest BCUT2D eigenvalue weighted by atomic mass is 16.3. The van der Waals surface area contributed by atoms with Crippen LogP contribution in [0.1, 0.15) is 34.1 Å². The Balaban J connectivity index is 1.41. The zero-order valence-corrected chi connectivity index (χ0v) is 19.9. The minimum atomic E-state index is -0.161. The molecule has 5 heteroatoms. The van der Waals surface area contributed by atoms with Crippen LogP contribution >= 0.6 is 0 Å². The maximum atomic E-state index is 10.3. The summed E-state index contributed by atoms with van der Waals surface area (Å²) >= 11 is 0. The lowest BCUT2D eigenvalue weighted by molar-refractivity contribution is 0.171. The van der Waals surface area contributed by atoms with Crippen LogP contribution in [0.2, 0.25) is 0 Å². The third-order valence-electron chi connectivity index (χ3n) is 6.26. The molecule has 0 spiro atoms. The minimum absolute atomic E-state index is 0.161. The lowest BCUT2D eigenvalue weighted by Crippen LogP contribution is -2.42. The molecule has 0 radical (unpaired) electrons. The Labute approximate surface area is 196 Å². The zero-order chi connectivity index (χ0) is 23.6. The van der Waals surface area contributed by atoms with E-state index in [1.54, 1.807) is 0 Å². The second-order valence-corrected chi connectivity index (χ2v) is 9.54. The first-order valence-electron chi connectivity index (χ1n) is 11.4. The maximum Gasteiger partial charge on any atom is 0.141 e. The fourth-order valence-corrected chi connectivity index (χ4v) is 4.68. The van der Waals surface area contributed by atoms with E-state index in [4.69, 9.17) is 0 Å². The standard InChI is InChI=1S/C28H32N4O/c1-20(17-28(4,5)32-16-15-21(2)27(33)22(32)3)18-31-19-26(29-30-31)25-13-11-24(12-14-25)23-9-7-6-8-10-23/h6-16,19-20,33H,2,17-18H2,1,3-5H3. The first kappa shape index (κ1) is 22.6. The van der Waals surface area contributed by atoms with Gasteiger partial charge in [-0.15, -0.1) is 5.10 Å². The number of benzene rings is 2. The molecule has 33 heavy (non-hydrogen) atoms. The van der Waals surface area contributed by atoms with Gasteiger partial charge < -0.3 is 10.0 Å². The Morgan fingerprint density at radius 1 is 1.00 bits per heavy atom. The Morgan fingerprint density at radius 3 is 2.33 bits per heavy atom. The fraction of sp³-hybridized carbons (Fsp3) is 0.286. The molecule has 1 aliphatic heterocycles. The molecule has 0 bridgehead atoms. The molecule has 1 unspecified atom stereocenters. The van der Waals surface area contributed by atoms with Gasteiger partial charge in [-0.2, -0.15) is 0 Å². The Kier molecular flexibility index (Phi) is 6.23. The van der Waals surface area contributed by atoms with Crippen molar-refractivity contribution in [1.82, 2.24) is 19.9 Å². The molecule has 1 aromatic heterocycles. The summed E-state index contributed by atoms with van der Waals surface area (Å²) in [7, 11) is 0. The van der Waals surface area contributed by atoms with E-state index in [9.17, 15) is 5.11 Å². The second-order valence-electron chi connectivity index (χ2n) is 9.54. The van der Waals surface area contributed by atoms with Crippen LogP contribution in [0.3, 0.4) is 0 Å². The van der Waals surface area contributed by atoms with Gasteiger partial charge in [0.25, 0.3) is 0 Å². The quantitative estimate of drug-likeness (QED) is 0.450. The van der Waals surface area contributed by atoms with E-state index in [-0.39, 0.29) is 11.3 Å².